The summed E-state index contributed by atoms with van der Waals surface area (Å²) < 4.78 is 0. The smallest absolute Gasteiger partial charge is 0.303 e. The maximum atomic E-state index is 12.5. The number of benzene rings is 2. The second kappa shape index (κ2) is 7.80. The van der Waals surface area contributed by atoms with Gasteiger partial charge in [-0.25, -0.2) is 0 Å². The van der Waals surface area contributed by atoms with Crippen LogP contribution >= 0.6 is 11.6 Å². The third kappa shape index (κ3) is 4.46. The van der Waals surface area contributed by atoms with E-state index in [-0.39, 0.29) is 24.7 Å². The molecule has 0 fully saturated rings. The maximum absolute atomic E-state index is 12.5. The highest BCUT2D eigenvalue weighted by atomic mass is 35.5. The predicted molar refractivity (Wildman–Crippen MR) is 102 cm³/mol. The highest BCUT2D eigenvalue weighted by molar-refractivity contribution is 6.30. The average molecular weight is 387 g/mol. The lowest BCUT2D eigenvalue weighted by molar-refractivity contribution is -0.137. The summed E-state index contributed by atoms with van der Waals surface area (Å²) in [6, 6.07) is 12.0. The van der Waals surface area contributed by atoms with Gasteiger partial charge in [-0.3, -0.25) is 14.4 Å². The van der Waals surface area contributed by atoms with Crippen LogP contribution < -0.4 is 5.32 Å². The Hall–Kier alpha value is -2.86. The second-order valence-electron chi connectivity index (χ2n) is 6.63. The molecule has 140 valence electrons. The molecule has 6 nitrogen and oxygen atoms in total. The van der Waals surface area contributed by atoms with Crippen molar-refractivity contribution in [3.8, 4) is 0 Å². The standard InChI is InChI=1S/C20H19ClN2O4/c1-23-11-13-4-7-16(10-17(13)20(23)27)22-18(24)8-14(9-19(25)26)12-2-5-15(21)6-3-12/h2-7,10,14H,8-9,11H2,1H3,(H,22,24)(H,25,26)/t14-/m1/s1. The van der Waals surface area contributed by atoms with Crippen molar-refractivity contribution in [2.45, 2.75) is 25.3 Å². The first-order valence-electron chi connectivity index (χ1n) is 8.49. The van der Waals surface area contributed by atoms with Crippen LogP contribution in [0, 0.1) is 0 Å². The summed E-state index contributed by atoms with van der Waals surface area (Å²) in [7, 11) is 1.73. The summed E-state index contributed by atoms with van der Waals surface area (Å²) in [6.45, 7) is 0.555. The van der Waals surface area contributed by atoms with Crippen LogP contribution in [0.3, 0.4) is 0 Å². The number of aliphatic carboxylic acids is 1. The fraction of sp³-hybridized carbons (Fsp3) is 0.250. The highest BCUT2D eigenvalue weighted by Crippen LogP contribution is 2.27. The number of nitrogens with zero attached hydrogens (tertiary/aromatic N) is 1. The van der Waals surface area contributed by atoms with E-state index in [1.807, 2.05) is 6.07 Å². The molecule has 0 aromatic heterocycles. The van der Waals surface area contributed by atoms with Crippen molar-refractivity contribution in [2.75, 3.05) is 12.4 Å². The van der Waals surface area contributed by atoms with E-state index in [0.717, 1.165) is 11.1 Å². The average Bonchev–Trinajstić information content (AvgIpc) is 2.89. The summed E-state index contributed by atoms with van der Waals surface area (Å²) in [4.78, 5) is 37.3. The van der Waals surface area contributed by atoms with Gasteiger partial charge in [-0.1, -0.05) is 29.8 Å². The molecule has 0 radical (unpaired) electrons. The topological polar surface area (TPSA) is 86.7 Å². The molecular formula is C20H19ClN2O4. The molecular weight excluding hydrogens is 368 g/mol. The molecule has 1 aliphatic heterocycles. The SMILES string of the molecule is CN1Cc2ccc(NC(=O)C[C@H](CC(=O)O)c3ccc(Cl)cc3)cc2C1=O. The fourth-order valence-corrected chi connectivity index (χ4v) is 3.34. The molecule has 2 N–H and O–H groups in total. The van der Waals surface area contributed by atoms with Crippen LogP contribution in [0.25, 0.3) is 0 Å². The molecule has 3 rings (SSSR count). The van der Waals surface area contributed by atoms with E-state index in [4.69, 9.17) is 16.7 Å². The van der Waals surface area contributed by atoms with Crippen molar-refractivity contribution in [2.24, 2.45) is 0 Å². The number of hydrogen-bond donors (Lipinski definition) is 2. The summed E-state index contributed by atoms with van der Waals surface area (Å²) in [6.07, 6.45) is -0.151. The Balaban J connectivity index is 1.72. The predicted octanol–water partition coefficient (Wildman–Crippen LogP) is 3.51. The number of fused-ring (bicyclic) bond motifs is 1. The van der Waals surface area contributed by atoms with E-state index in [9.17, 15) is 14.4 Å². The minimum Gasteiger partial charge on any atom is -0.481 e. The Morgan fingerprint density at radius 2 is 1.89 bits per heavy atom. The van der Waals surface area contributed by atoms with Crippen molar-refractivity contribution in [3.05, 3.63) is 64.2 Å². The largest absolute Gasteiger partial charge is 0.481 e. The van der Waals surface area contributed by atoms with Crippen LogP contribution in [0.5, 0.6) is 0 Å². The first-order valence-corrected chi connectivity index (χ1v) is 8.87. The summed E-state index contributed by atoms with van der Waals surface area (Å²) in [5.74, 6) is -1.84. The number of carbonyl (C=O) groups excluding carboxylic acids is 2. The molecule has 7 heteroatoms. The molecule has 2 aromatic rings. The molecule has 0 bridgehead atoms. The maximum Gasteiger partial charge on any atom is 0.303 e. The molecule has 0 aliphatic carbocycles. The van der Waals surface area contributed by atoms with Gasteiger partial charge in [0, 0.05) is 42.2 Å². The van der Waals surface area contributed by atoms with Gasteiger partial charge in [-0.15, -0.1) is 0 Å². The van der Waals surface area contributed by atoms with Crippen LogP contribution in [-0.4, -0.2) is 34.8 Å². The number of hydrogen-bond acceptors (Lipinski definition) is 3. The highest BCUT2D eigenvalue weighted by Gasteiger charge is 2.25. The van der Waals surface area contributed by atoms with E-state index >= 15 is 0 Å². The molecule has 2 aromatic carbocycles. The third-order valence-corrected chi connectivity index (χ3v) is 4.82. The van der Waals surface area contributed by atoms with Crippen LogP contribution in [0.1, 0.15) is 40.2 Å². The van der Waals surface area contributed by atoms with Gasteiger partial charge in [-0.05, 0) is 35.4 Å². The van der Waals surface area contributed by atoms with Crippen molar-refractivity contribution in [3.63, 3.8) is 0 Å². The normalized spacial score (nSPS) is 14.0. The van der Waals surface area contributed by atoms with Gasteiger partial charge >= 0.3 is 5.97 Å². The Labute approximate surface area is 161 Å². The van der Waals surface area contributed by atoms with Crippen molar-refractivity contribution >= 4 is 35.1 Å². The van der Waals surface area contributed by atoms with Gasteiger partial charge in [0.1, 0.15) is 0 Å². The summed E-state index contributed by atoms with van der Waals surface area (Å²) >= 11 is 5.88. The van der Waals surface area contributed by atoms with Crippen LogP contribution in [0.2, 0.25) is 5.02 Å². The quantitative estimate of drug-likeness (QED) is 0.795. The minimum absolute atomic E-state index is 0.0128. The van der Waals surface area contributed by atoms with Gasteiger partial charge < -0.3 is 15.3 Å². The first-order chi connectivity index (χ1) is 12.8. The molecule has 0 saturated heterocycles. The number of rotatable bonds is 6. The molecule has 0 unspecified atom stereocenters. The lowest BCUT2D eigenvalue weighted by Crippen LogP contribution is -2.18. The van der Waals surface area contributed by atoms with E-state index in [1.54, 1.807) is 48.3 Å². The van der Waals surface area contributed by atoms with Crippen molar-refractivity contribution in [1.82, 2.24) is 4.90 Å². The number of carboxylic acid groups (broad SMARTS) is 1. The molecule has 0 spiro atoms. The number of carbonyl (C=O) groups is 3. The van der Waals surface area contributed by atoms with Gasteiger partial charge in [0.2, 0.25) is 5.91 Å². The number of halogens is 1. The zero-order valence-electron chi connectivity index (χ0n) is 14.7. The van der Waals surface area contributed by atoms with Gasteiger partial charge in [0.15, 0.2) is 0 Å². The van der Waals surface area contributed by atoms with E-state index in [2.05, 4.69) is 5.32 Å². The lowest BCUT2D eigenvalue weighted by atomic mass is 9.92. The summed E-state index contributed by atoms with van der Waals surface area (Å²) in [5.41, 5.74) is 2.76. The van der Waals surface area contributed by atoms with Gasteiger partial charge in [0.25, 0.3) is 5.91 Å². The minimum atomic E-state index is -0.978. The second-order valence-corrected chi connectivity index (χ2v) is 7.07. The van der Waals surface area contributed by atoms with Crippen LogP contribution in [0.15, 0.2) is 42.5 Å². The molecule has 0 saturated carbocycles. The zero-order chi connectivity index (χ0) is 19.6. The van der Waals surface area contributed by atoms with Crippen LogP contribution in [0.4, 0.5) is 5.69 Å². The molecule has 1 atom stereocenters. The van der Waals surface area contributed by atoms with Crippen molar-refractivity contribution in [1.29, 1.82) is 0 Å². The Bertz CT molecular complexity index is 895. The number of amides is 2. The van der Waals surface area contributed by atoms with Gasteiger partial charge in [0.05, 0.1) is 6.42 Å². The number of nitrogens with one attached hydrogen (secondary N) is 1. The number of carboxylic acids is 1. The number of anilines is 1. The Morgan fingerprint density at radius 1 is 1.19 bits per heavy atom. The lowest BCUT2D eigenvalue weighted by Gasteiger charge is -2.15. The molecule has 27 heavy (non-hydrogen) atoms. The molecule has 2 amide bonds. The first kappa shape index (κ1) is 18.9. The van der Waals surface area contributed by atoms with Crippen molar-refractivity contribution < 1.29 is 19.5 Å². The summed E-state index contributed by atoms with van der Waals surface area (Å²) in [5, 5.41) is 12.5. The zero-order valence-corrected chi connectivity index (χ0v) is 15.5. The Morgan fingerprint density at radius 3 is 2.56 bits per heavy atom. The monoisotopic (exact) mass is 386 g/mol. The van der Waals surface area contributed by atoms with Crippen LogP contribution in [-0.2, 0) is 16.1 Å². The molecule has 1 heterocycles. The van der Waals surface area contributed by atoms with E-state index in [1.165, 1.54) is 0 Å². The van der Waals surface area contributed by atoms with E-state index < -0.39 is 11.9 Å². The van der Waals surface area contributed by atoms with Gasteiger partial charge in [-0.2, -0.15) is 0 Å². The Kier molecular flexibility index (Phi) is 5.46. The van der Waals surface area contributed by atoms with E-state index in [0.29, 0.717) is 22.8 Å². The third-order valence-electron chi connectivity index (χ3n) is 4.57. The fourth-order valence-electron chi connectivity index (χ4n) is 3.21. The molecule has 1 aliphatic rings.